The second-order valence-corrected chi connectivity index (χ2v) is 8.59. The number of ether oxygens (including phenoxy) is 1. The number of ketones is 1. The molecule has 23 heavy (non-hydrogen) atoms. The SMILES string of the molecule is CC(=O)CN(C)C(=O)OCOP(=O)(OC(C)(C)C)OC(C)(C)C. The quantitative estimate of drug-likeness (QED) is 0.512. The van der Waals surface area contributed by atoms with Gasteiger partial charge in [-0.3, -0.25) is 13.8 Å². The van der Waals surface area contributed by atoms with Crippen molar-refractivity contribution in [3.05, 3.63) is 0 Å². The Labute approximate surface area is 138 Å². The molecule has 0 aliphatic rings. The second kappa shape index (κ2) is 8.24. The van der Waals surface area contributed by atoms with E-state index < -0.39 is 31.9 Å². The first-order valence-corrected chi connectivity index (χ1v) is 8.63. The largest absolute Gasteiger partial charge is 0.478 e. The molecule has 0 saturated carbocycles. The molecule has 1 amide bonds. The molecular formula is C14H28NO7P. The highest BCUT2D eigenvalue weighted by Crippen LogP contribution is 2.55. The fourth-order valence-corrected chi connectivity index (χ4v) is 3.06. The van der Waals surface area contributed by atoms with Crippen molar-refractivity contribution in [2.24, 2.45) is 0 Å². The zero-order valence-corrected chi connectivity index (χ0v) is 16.1. The van der Waals surface area contributed by atoms with E-state index in [4.69, 9.17) is 18.3 Å². The minimum atomic E-state index is -3.94. The summed E-state index contributed by atoms with van der Waals surface area (Å²) in [6, 6.07) is 0. The second-order valence-electron chi connectivity index (χ2n) is 7.07. The third-order valence-electron chi connectivity index (χ3n) is 1.94. The summed E-state index contributed by atoms with van der Waals surface area (Å²) in [5, 5.41) is 0. The predicted octanol–water partition coefficient (Wildman–Crippen LogP) is 3.36. The van der Waals surface area contributed by atoms with E-state index in [9.17, 15) is 14.2 Å². The van der Waals surface area contributed by atoms with Gasteiger partial charge in [0.05, 0.1) is 17.7 Å². The van der Waals surface area contributed by atoms with Gasteiger partial charge in [-0.2, -0.15) is 0 Å². The molecule has 0 unspecified atom stereocenters. The molecule has 0 aliphatic carbocycles. The summed E-state index contributed by atoms with van der Waals surface area (Å²) in [4.78, 5) is 23.7. The number of rotatable bonds is 7. The maximum Gasteiger partial charge on any atom is 0.478 e. The minimum Gasteiger partial charge on any atom is -0.422 e. The smallest absolute Gasteiger partial charge is 0.422 e. The average molecular weight is 353 g/mol. The van der Waals surface area contributed by atoms with Gasteiger partial charge in [0, 0.05) is 7.05 Å². The molecule has 0 fully saturated rings. The van der Waals surface area contributed by atoms with Crippen LogP contribution in [0.1, 0.15) is 48.5 Å². The Hall–Kier alpha value is -0.950. The zero-order valence-electron chi connectivity index (χ0n) is 15.2. The van der Waals surface area contributed by atoms with E-state index in [0.717, 1.165) is 4.90 Å². The fourth-order valence-electron chi connectivity index (χ4n) is 1.39. The summed E-state index contributed by atoms with van der Waals surface area (Å²) in [5.74, 6) is -0.192. The summed E-state index contributed by atoms with van der Waals surface area (Å²) in [6.07, 6.45) is -0.779. The van der Waals surface area contributed by atoms with Crippen LogP contribution in [0, 0.1) is 0 Å². The van der Waals surface area contributed by atoms with Gasteiger partial charge in [0.15, 0.2) is 0 Å². The molecule has 0 saturated heterocycles. The van der Waals surface area contributed by atoms with Crippen LogP contribution in [0.4, 0.5) is 4.79 Å². The van der Waals surface area contributed by atoms with Crippen LogP contribution < -0.4 is 0 Å². The Kier molecular flexibility index (Phi) is 7.90. The van der Waals surface area contributed by atoms with Gasteiger partial charge in [-0.25, -0.2) is 13.9 Å². The Morgan fingerprint density at radius 3 is 1.78 bits per heavy atom. The van der Waals surface area contributed by atoms with Gasteiger partial charge in [-0.05, 0) is 48.5 Å². The first-order chi connectivity index (χ1) is 10.1. The third-order valence-corrected chi connectivity index (χ3v) is 3.90. The maximum absolute atomic E-state index is 12.6. The molecule has 0 aromatic carbocycles. The van der Waals surface area contributed by atoms with E-state index in [1.807, 2.05) is 0 Å². The lowest BCUT2D eigenvalue weighted by atomic mass is 10.2. The van der Waals surface area contributed by atoms with Gasteiger partial charge in [0.2, 0.25) is 6.79 Å². The first-order valence-electron chi connectivity index (χ1n) is 7.17. The fraction of sp³-hybridized carbons (Fsp3) is 0.857. The van der Waals surface area contributed by atoms with E-state index in [1.54, 1.807) is 41.5 Å². The Bertz CT molecular complexity index is 445. The lowest BCUT2D eigenvalue weighted by Crippen LogP contribution is -2.32. The Balaban J connectivity index is 4.71. The molecular weight excluding hydrogens is 325 g/mol. The summed E-state index contributed by atoms with van der Waals surface area (Å²) in [6.45, 7) is 10.8. The van der Waals surface area contributed by atoms with Crippen LogP contribution >= 0.6 is 7.82 Å². The Morgan fingerprint density at radius 1 is 1.00 bits per heavy atom. The number of amides is 1. The third kappa shape index (κ3) is 11.3. The predicted molar refractivity (Wildman–Crippen MR) is 85.0 cm³/mol. The van der Waals surface area contributed by atoms with Crippen molar-refractivity contribution >= 4 is 19.7 Å². The highest BCUT2D eigenvalue weighted by molar-refractivity contribution is 7.48. The van der Waals surface area contributed by atoms with Crippen LogP contribution in [0.5, 0.6) is 0 Å². The topological polar surface area (TPSA) is 91.4 Å². The van der Waals surface area contributed by atoms with Crippen molar-refractivity contribution in [1.82, 2.24) is 4.90 Å². The van der Waals surface area contributed by atoms with Crippen LogP contribution in [0.2, 0.25) is 0 Å². The molecule has 0 aromatic rings. The molecule has 9 heteroatoms. The number of carbonyl (C=O) groups is 2. The van der Waals surface area contributed by atoms with Crippen LogP contribution in [0.15, 0.2) is 0 Å². The number of phosphoric acid groups is 1. The highest BCUT2D eigenvalue weighted by Gasteiger charge is 2.37. The van der Waals surface area contributed by atoms with Crippen molar-refractivity contribution in [2.45, 2.75) is 59.7 Å². The molecule has 0 heterocycles. The van der Waals surface area contributed by atoms with Gasteiger partial charge in [0.1, 0.15) is 5.78 Å². The molecule has 0 aromatic heterocycles. The van der Waals surface area contributed by atoms with Gasteiger partial charge in [-0.15, -0.1) is 0 Å². The van der Waals surface area contributed by atoms with Crippen molar-refractivity contribution in [2.75, 3.05) is 20.4 Å². The number of nitrogens with zero attached hydrogens (tertiary/aromatic N) is 1. The normalized spacial score (nSPS) is 12.9. The summed E-state index contributed by atoms with van der Waals surface area (Å²) in [7, 11) is -2.54. The molecule has 0 spiro atoms. The first kappa shape index (κ1) is 22.1. The summed E-state index contributed by atoms with van der Waals surface area (Å²) in [5.41, 5.74) is -1.56. The van der Waals surface area contributed by atoms with Crippen LogP contribution in [-0.2, 0) is 27.7 Å². The molecule has 8 nitrogen and oxygen atoms in total. The average Bonchev–Trinajstić information content (AvgIpc) is 2.21. The zero-order chi connectivity index (χ0) is 18.5. The number of Topliss-reactive ketones (excluding diaryl/α,β-unsaturated/α-hetero) is 1. The molecule has 0 radical (unpaired) electrons. The summed E-state index contributed by atoms with van der Waals surface area (Å²) < 4.78 is 33.2. The van der Waals surface area contributed by atoms with E-state index >= 15 is 0 Å². The van der Waals surface area contributed by atoms with Gasteiger partial charge in [0.25, 0.3) is 0 Å². The van der Waals surface area contributed by atoms with Crippen molar-refractivity contribution in [1.29, 1.82) is 0 Å². The van der Waals surface area contributed by atoms with E-state index in [2.05, 4.69) is 0 Å². The van der Waals surface area contributed by atoms with Gasteiger partial charge in [-0.1, -0.05) is 0 Å². The molecule has 0 N–H and O–H groups in total. The standard InChI is InChI=1S/C14H28NO7P/c1-11(16)9-15(8)12(17)19-10-20-23(18,21-13(2,3)4)22-14(5,6)7/h9-10H2,1-8H3. The van der Waals surface area contributed by atoms with E-state index in [1.165, 1.54) is 14.0 Å². The van der Waals surface area contributed by atoms with Gasteiger partial charge >= 0.3 is 13.9 Å². The van der Waals surface area contributed by atoms with E-state index in [0.29, 0.717) is 0 Å². The molecule has 136 valence electrons. The van der Waals surface area contributed by atoms with Crippen LogP contribution in [-0.4, -0.2) is 48.4 Å². The number of phosphoric ester groups is 1. The molecule has 0 atom stereocenters. The Morgan fingerprint density at radius 2 is 1.43 bits per heavy atom. The lowest BCUT2D eigenvalue weighted by Gasteiger charge is -2.30. The van der Waals surface area contributed by atoms with E-state index in [-0.39, 0.29) is 12.3 Å². The molecule has 0 bridgehead atoms. The molecule has 0 rings (SSSR count). The van der Waals surface area contributed by atoms with Crippen molar-refractivity contribution in [3.8, 4) is 0 Å². The molecule has 0 aliphatic heterocycles. The monoisotopic (exact) mass is 353 g/mol. The van der Waals surface area contributed by atoms with Crippen molar-refractivity contribution in [3.63, 3.8) is 0 Å². The number of carbonyl (C=O) groups excluding carboxylic acids is 2. The highest BCUT2D eigenvalue weighted by atomic mass is 31.2. The number of hydrogen-bond acceptors (Lipinski definition) is 7. The summed E-state index contributed by atoms with van der Waals surface area (Å²) >= 11 is 0. The maximum atomic E-state index is 12.6. The minimum absolute atomic E-state index is 0.0898. The van der Waals surface area contributed by atoms with Crippen molar-refractivity contribution < 1.29 is 32.5 Å². The lowest BCUT2D eigenvalue weighted by molar-refractivity contribution is -0.117. The number of likely N-dealkylation sites (N-methyl/N-ethyl adjacent to an activating group) is 1. The number of hydrogen-bond donors (Lipinski definition) is 0. The van der Waals surface area contributed by atoms with Gasteiger partial charge < -0.3 is 9.64 Å². The van der Waals surface area contributed by atoms with Crippen LogP contribution in [0.25, 0.3) is 0 Å². The van der Waals surface area contributed by atoms with Crippen LogP contribution in [0.3, 0.4) is 0 Å².